The van der Waals surface area contributed by atoms with Crippen molar-refractivity contribution < 1.29 is 9.90 Å². The average molecular weight is 246 g/mol. The number of piperazine rings is 1. The first kappa shape index (κ1) is 13.8. The van der Waals surface area contributed by atoms with Crippen LogP contribution in [0.3, 0.4) is 0 Å². The van der Waals surface area contributed by atoms with E-state index in [0.717, 1.165) is 32.7 Å². The highest BCUT2D eigenvalue weighted by Crippen LogP contribution is 2.07. The van der Waals surface area contributed by atoms with Gasteiger partial charge in [-0.05, 0) is 31.9 Å². The normalized spacial score (nSPS) is 20.9. The molecule has 1 aliphatic heterocycles. The monoisotopic (exact) mass is 246 g/mol. The number of thioether (sulfide) groups is 1. The molecule has 1 heterocycles. The summed E-state index contributed by atoms with van der Waals surface area (Å²) in [5, 5.41) is 8.92. The number of hydrogen-bond acceptors (Lipinski definition) is 4. The van der Waals surface area contributed by atoms with Gasteiger partial charge in [-0.15, -0.1) is 0 Å². The summed E-state index contributed by atoms with van der Waals surface area (Å²) < 4.78 is 0. The van der Waals surface area contributed by atoms with Gasteiger partial charge in [0.1, 0.15) is 6.04 Å². The number of rotatable bonds is 6. The first-order valence-corrected chi connectivity index (χ1v) is 7.22. The number of carboxylic acids is 1. The third-order valence-corrected chi connectivity index (χ3v) is 3.83. The van der Waals surface area contributed by atoms with Crippen LogP contribution in [0.5, 0.6) is 0 Å². The highest BCUT2D eigenvalue weighted by molar-refractivity contribution is 7.98. The van der Waals surface area contributed by atoms with Crippen molar-refractivity contribution in [3.8, 4) is 0 Å². The summed E-state index contributed by atoms with van der Waals surface area (Å²) in [6.07, 6.45) is 3.36. The molecule has 1 rings (SSSR count). The number of aliphatic carboxylic acids is 1. The van der Waals surface area contributed by atoms with Crippen LogP contribution in [0.25, 0.3) is 0 Å². The van der Waals surface area contributed by atoms with E-state index in [9.17, 15) is 4.79 Å². The van der Waals surface area contributed by atoms with E-state index >= 15 is 0 Å². The summed E-state index contributed by atoms with van der Waals surface area (Å²) in [6, 6.07) is -0.339. The maximum atomic E-state index is 10.8. The fourth-order valence-electron chi connectivity index (χ4n) is 1.96. The predicted molar refractivity (Wildman–Crippen MR) is 68.1 cm³/mol. The van der Waals surface area contributed by atoms with Gasteiger partial charge in [-0.1, -0.05) is 0 Å². The Morgan fingerprint density at radius 1 is 1.38 bits per heavy atom. The number of nitrogens with zero attached hydrogens (tertiary/aromatic N) is 2. The molecule has 0 aliphatic carbocycles. The van der Waals surface area contributed by atoms with Gasteiger partial charge in [0.05, 0.1) is 0 Å². The molecule has 1 aliphatic rings. The number of carboxylic acid groups (broad SMARTS) is 1. The van der Waals surface area contributed by atoms with Crippen molar-refractivity contribution in [1.29, 1.82) is 0 Å². The van der Waals surface area contributed by atoms with Gasteiger partial charge in [0.15, 0.2) is 0 Å². The molecule has 0 spiro atoms. The minimum Gasteiger partial charge on any atom is -0.480 e. The van der Waals surface area contributed by atoms with Crippen molar-refractivity contribution in [3.63, 3.8) is 0 Å². The van der Waals surface area contributed by atoms with Crippen LogP contribution in [0.4, 0.5) is 0 Å². The van der Waals surface area contributed by atoms with Crippen molar-refractivity contribution in [2.24, 2.45) is 0 Å². The second-order valence-corrected chi connectivity index (χ2v) is 5.22. The van der Waals surface area contributed by atoms with Crippen LogP contribution >= 0.6 is 11.8 Å². The first-order valence-electron chi connectivity index (χ1n) is 5.83. The van der Waals surface area contributed by atoms with Crippen LogP contribution in [0.1, 0.15) is 13.3 Å². The molecule has 1 saturated heterocycles. The van der Waals surface area contributed by atoms with Gasteiger partial charge in [-0.25, -0.2) is 0 Å². The molecular weight excluding hydrogens is 224 g/mol. The molecular formula is C11H22N2O2S. The molecule has 1 N–H and O–H groups in total. The maximum Gasteiger partial charge on any atom is 0.320 e. The van der Waals surface area contributed by atoms with Crippen LogP contribution in [0, 0.1) is 0 Å². The van der Waals surface area contributed by atoms with Gasteiger partial charge < -0.3 is 10.0 Å². The van der Waals surface area contributed by atoms with E-state index in [1.54, 1.807) is 6.92 Å². The van der Waals surface area contributed by atoms with Crippen LogP contribution < -0.4 is 0 Å². The molecule has 1 unspecified atom stereocenters. The van der Waals surface area contributed by atoms with Crippen LogP contribution in [-0.2, 0) is 4.79 Å². The van der Waals surface area contributed by atoms with E-state index in [4.69, 9.17) is 5.11 Å². The Balaban J connectivity index is 2.20. The summed E-state index contributed by atoms with van der Waals surface area (Å²) >= 11 is 1.88. The van der Waals surface area contributed by atoms with Gasteiger partial charge >= 0.3 is 5.97 Å². The van der Waals surface area contributed by atoms with E-state index in [2.05, 4.69) is 11.2 Å². The Morgan fingerprint density at radius 2 is 2.00 bits per heavy atom. The lowest BCUT2D eigenvalue weighted by molar-refractivity contribution is -0.143. The highest BCUT2D eigenvalue weighted by atomic mass is 32.2. The van der Waals surface area contributed by atoms with E-state index in [1.165, 1.54) is 12.2 Å². The summed E-state index contributed by atoms with van der Waals surface area (Å²) in [4.78, 5) is 15.3. The van der Waals surface area contributed by atoms with Crippen molar-refractivity contribution in [2.75, 3.05) is 44.7 Å². The second-order valence-electron chi connectivity index (χ2n) is 4.24. The number of carbonyl (C=O) groups is 1. The van der Waals surface area contributed by atoms with Crippen LogP contribution in [0.15, 0.2) is 0 Å². The van der Waals surface area contributed by atoms with Crippen LogP contribution in [-0.4, -0.2) is 71.6 Å². The molecule has 94 valence electrons. The zero-order valence-corrected chi connectivity index (χ0v) is 11.0. The first-order chi connectivity index (χ1) is 7.65. The lowest BCUT2D eigenvalue weighted by Crippen LogP contribution is -2.51. The molecule has 16 heavy (non-hydrogen) atoms. The molecule has 4 nitrogen and oxygen atoms in total. The van der Waals surface area contributed by atoms with E-state index in [-0.39, 0.29) is 6.04 Å². The Bertz CT molecular complexity index is 218. The lowest BCUT2D eigenvalue weighted by Gasteiger charge is -2.36. The molecule has 5 heteroatoms. The predicted octanol–water partition coefficient (Wildman–Crippen LogP) is 0.830. The zero-order valence-electron chi connectivity index (χ0n) is 10.2. The van der Waals surface area contributed by atoms with Gasteiger partial charge in [0.25, 0.3) is 0 Å². The van der Waals surface area contributed by atoms with Crippen molar-refractivity contribution in [2.45, 2.75) is 19.4 Å². The molecule has 0 amide bonds. The van der Waals surface area contributed by atoms with Crippen molar-refractivity contribution in [3.05, 3.63) is 0 Å². The Kier molecular flexibility index (Phi) is 6.16. The van der Waals surface area contributed by atoms with E-state index in [1.807, 2.05) is 16.7 Å². The van der Waals surface area contributed by atoms with Crippen molar-refractivity contribution in [1.82, 2.24) is 9.80 Å². The second kappa shape index (κ2) is 7.14. The minimum absolute atomic E-state index is 0.339. The zero-order chi connectivity index (χ0) is 12.0. The fourth-order valence-corrected chi connectivity index (χ4v) is 2.38. The standard InChI is InChI=1S/C11H22N2O2S/c1-10(11(14)15)13-7-5-12(6-8-13)4-3-9-16-2/h10H,3-9H2,1-2H3,(H,14,15). The van der Waals surface area contributed by atoms with Crippen LogP contribution in [0.2, 0.25) is 0 Å². The molecule has 1 fully saturated rings. The SMILES string of the molecule is CSCCCN1CCN(C(C)C(=O)O)CC1. The highest BCUT2D eigenvalue weighted by Gasteiger charge is 2.24. The molecule has 0 aromatic rings. The lowest BCUT2D eigenvalue weighted by atomic mass is 10.2. The minimum atomic E-state index is -0.712. The smallest absolute Gasteiger partial charge is 0.320 e. The van der Waals surface area contributed by atoms with Gasteiger partial charge in [-0.2, -0.15) is 11.8 Å². The average Bonchev–Trinajstić information content (AvgIpc) is 2.29. The fraction of sp³-hybridized carbons (Fsp3) is 0.909. The van der Waals surface area contributed by atoms with Gasteiger partial charge in [0.2, 0.25) is 0 Å². The summed E-state index contributed by atoms with van der Waals surface area (Å²) in [5.41, 5.74) is 0. The number of hydrogen-bond donors (Lipinski definition) is 1. The largest absolute Gasteiger partial charge is 0.480 e. The molecule has 0 aromatic heterocycles. The maximum absolute atomic E-state index is 10.8. The quantitative estimate of drug-likeness (QED) is 0.703. The van der Waals surface area contributed by atoms with Crippen molar-refractivity contribution >= 4 is 17.7 Å². The Labute approximate surface area is 102 Å². The molecule has 0 saturated carbocycles. The van der Waals surface area contributed by atoms with Gasteiger partial charge in [0, 0.05) is 26.2 Å². The topological polar surface area (TPSA) is 43.8 Å². The van der Waals surface area contributed by atoms with E-state index in [0.29, 0.717) is 0 Å². The molecule has 0 bridgehead atoms. The molecule has 1 atom stereocenters. The van der Waals surface area contributed by atoms with Gasteiger partial charge in [-0.3, -0.25) is 9.69 Å². The molecule has 0 radical (unpaired) electrons. The summed E-state index contributed by atoms with van der Waals surface area (Å²) in [5.74, 6) is 0.502. The Hall–Kier alpha value is -0.260. The molecule has 0 aromatic carbocycles. The third-order valence-electron chi connectivity index (χ3n) is 3.13. The summed E-state index contributed by atoms with van der Waals surface area (Å²) in [7, 11) is 0. The third kappa shape index (κ3) is 4.31. The van der Waals surface area contributed by atoms with E-state index < -0.39 is 5.97 Å². The summed E-state index contributed by atoms with van der Waals surface area (Å²) in [6.45, 7) is 6.69. The Morgan fingerprint density at radius 3 is 2.50 bits per heavy atom.